The van der Waals surface area contributed by atoms with Gasteiger partial charge in [0.15, 0.2) is 0 Å². The van der Waals surface area contributed by atoms with Crippen molar-refractivity contribution in [3.63, 3.8) is 0 Å². The Morgan fingerprint density at radius 1 is 1.33 bits per heavy atom. The molecule has 0 saturated heterocycles. The summed E-state index contributed by atoms with van der Waals surface area (Å²) in [6, 6.07) is 8.12. The normalized spacial score (nSPS) is 10.0. The Labute approximate surface area is 95.5 Å². The summed E-state index contributed by atoms with van der Waals surface area (Å²) in [5.74, 6) is 0.105. The zero-order valence-electron chi connectivity index (χ0n) is 9.25. The zero-order valence-corrected chi connectivity index (χ0v) is 10.1. The molecule has 0 atom stereocenters. The molecule has 0 heterocycles. The van der Waals surface area contributed by atoms with Crippen LogP contribution in [0.1, 0.15) is 18.9 Å². The van der Waals surface area contributed by atoms with Gasteiger partial charge in [-0.1, -0.05) is 19.1 Å². The Kier molecular flexibility index (Phi) is 5.26. The van der Waals surface area contributed by atoms with Crippen LogP contribution in [0.5, 0.6) is 0 Å². The van der Waals surface area contributed by atoms with E-state index in [0.29, 0.717) is 6.42 Å². The number of amides is 1. The molecule has 1 rings (SSSR count). The molecule has 0 aliphatic heterocycles. The van der Waals surface area contributed by atoms with Gasteiger partial charge in [0.05, 0.1) is 6.42 Å². The first-order valence-corrected chi connectivity index (χ1v) is 6.38. The minimum atomic E-state index is 0.105. The Bertz CT molecular complexity index is 308. The second-order valence-electron chi connectivity index (χ2n) is 3.37. The predicted molar refractivity (Wildman–Crippen MR) is 65.2 cm³/mol. The van der Waals surface area contributed by atoms with E-state index in [1.54, 1.807) is 11.8 Å². The van der Waals surface area contributed by atoms with Crippen LogP contribution in [-0.4, -0.2) is 18.7 Å². The lowest BCUT2D eigenvalue weighted by Gasteiger charge is -2.04. The summed E-state index contributed by atoms with van der Waals surface area (Å²) in [5.41, 5.74) is 1.07. The van der Waals surface area contributed by atoms with Gasteiger partial charge in [-0.3, -0.25) is 4.79 Å². The lowest BCUT2D eigenvalue weighted by atomic mass is 10.1. The first-order chi connectivity index (χ1) is 7.26. The van der Waals surface area contributed by atoms with E-state index in [-0.39, 0.29) is 5.91 Å². The third kappa shape index (κ3) is 4.38. The van der Waals surface area contributed by atoms with E-state index in [1.807, 2.05) is 37.4 Å². The van der Waals surface area contributed by atoms with Crippen molar-refractivity contribution in [2.75, 3.05) is 12.8 Å². The molecule has 0 saturated carbocycles. The van der Waals surface area contributed by atoms with E-state index >= 15 is 0 Å². The molecule has 0 aliphatic carbocycles. The second-order valence-corrected chi connectivity index (χ2v) is 4.25. The van der Waals surface area contributed by atoms with Gasteiger partial charge in [0.1, 0.15) is 0 Å². The maximum absolute atomic E-state index is 11.4. The van der Waals surface area contributed by atoms with Crippen molar-refractivity contribution in [2.24, 2.45) is 0 Å². The summed E-state index contributed by atoms with van der Waals surface area (Å²) in [6.07, 6.45) is 3.51. The quantitative estimate of drug-likeness (QED) is 0.777. The Hall–Kier alpha value is -0.960. The van der Waals surface area contributed by atoms with Gasteiger partial charge in [0, 0.05) is 11.4 Å². The number of hydrogen-bond donors (Lipinski definition) is 1. The standard InChI is InChI=1S/C12H17NOS/c1-3-8-13-12(14)9-10-4-6-11(15-2)7-5-10/h4-7H,3,8-9H2,1-2H3,(H,13,14). The third-order valence-corrected chi connectivity index (χ3v) is 2.84. The highest BCUT2D eigenvalue weighted by Gasteiger charge is 2.01. The molecule has 82 valence electrons. The van der Waals surface area contributed by atoms with E-state index in [0.717, 1.165) is 18.5 Å². The first-order valence-electron chi connectivity index (χ1n) is 5.16. The highest BCUT2D eigenvalue weighted by Crippen LogP contribution is 2.14. The van der Waals surface area contributed by atoms with Crippen molar-refractivity contribution in [2.45, 2.75) is 24.7 Å². The SMILES string of the molecule is CCCNC(=O)Cc1ccc(SC)cc1. The first kappa shape index (κ1) is 12.1. The molecular weight excluding hydrogens is 206 g/mol. The van der Waals surface area contributed by atoms with Gasteiger partial charge in [-0.15, -0.1) is 11.8 Å². The lowest BCUT2D eigenvalue weighted by molar-refractivity contribution is -0.120. The molecular formula is C12H17NOS. The maximum Gasteiger partial charge on any atom is 0.224 e. The van der Waals surface area contributed by atoms with Gasteiger partial charge >= 0.3 is 0 Å². The highest BCUT2D eigenvalue weighted by molar-refractivity contribution is 7.98. The Morgan fingerprint density at radius 2 is 2.00 bits per heavy atom. The van der Waals surface area contributed by atoms with E-state index in [9.17, 15) is 4.79 Å². The molecule has 0 bridgehead atoms. The Morgan fingerprint density at radius 3 is 2.53 bits per heavy atom. The number of thioether (sulfide) groups is 1. The van der Waals surface area contributed by atoms with Crippen molar-refractivity contribution in [3.05, 3.63) is 29.8 Å². The average Bonchev–Trinajstić information content (AvgIpc) is 2.27. The van der Waals surface area contributed by atoms with Crippen LogP contribution >= 0.6 is 11.8 Å². The fourth-order valence-electron chi connectivity index (χ4n) is 1.26. The maximum atomic E-state index is 11.4. The number of nitrogens with one attached hydrogen (secondary N) is 1. The van der Waals surface area contributed by atoms with Gasteiger partial charge in [0.25, 0.3) is 0 Å². The fraction of sp³-hybridized carbons (Fsp3) is 0.417. The van der Waals surface area contributed by atoms with Crippen LogP contribution in [0.3, 0.4) is 0 Å². The van der Waals surface area contributed by atoms with Crippen molar-refractivity contribution < 1.29 is 4.79 Å². The summed E-state index contributed by atoms with van der Waals surface area (Å²) in [6.45, 7) is 2.81. The van der Waals surface area contributed by atoms with Crippen LogP contribution in [-0.2, 0) is 11.2 Å². The molecule has 1 N–H and O–H groups in total. The summed E-state index contributed by atoms with van der Waals surface area (Å²) in [4.78, 5) is 12.6. The van der Waals surface area contributed by atoms with Crippen LogP contribution in [0, 0.1) is 0 Å². The number of carbonyl (C=O) groups excluding carboxylic acids is 1. The highest BCUT2D eigenvalue weighted by atomic mass is 32.2. The summed E-state index contributed by atoms with van der Waals surface area (Å²) < 4.78 is 0. The monoisotopic (exact) mass is 223 g/mol. The van der Waals surface area contributed by atoms with Crippen molar-refractivity contribution >= 4 is 17.7 Å². The minimum Gasteiger partial charge on any atom is -0.356 e. The van der Waals surface area contributed by atoms with Crippen LogP contribution in [0.2, 0.25) is 0 Å². The van der Waals surface area contributed by atoms with Crippen molar-refractivity contribution in [1.29, 1.82) is 0 Å². The largest absolute Gasteiger partial charge is 0.356 e. The van der Waals surface area contributed by atoms with Crippen LogP contribution < -0.4 is 5.32 Å². The molecule has 15 heavy (non-hydrogen) atoms. The van der Waals surface area contributed by atoms with E-state index < -0.39 is 0 Å². The lowest BCUT2D eigenvalue weighted by Crippen LogP contribution is -2.25. The number of hydrogen-bond acceptors (Lipinski definition) is 2. The van der Waals surface area contributed by atoms with Gasteiger partial charge in [-0.25, -0.2) is 0 Å². The average molecular weight is 223 g/mol. The van der Waals surface area contributed by atoms with Crippen LogP contribution in [0.4, 0.5) is 0 Å². The molecule has 1 amide bonds. The molecule has 1 aromatic rings. The summed E-state index contributed by atoms with van der Waals surface area (Å²) in [5, 5.41) is 2.87. The third-order valence-electron chi connectivity index (χ3n) is 2.10. The number of rotatable bonds is 5. The van der Waals surface area contributed by atoms with Gasteiger partial charge < -0.3 is 5.32 Å². The molecule has 0 radical (unpaired) electrons. The molecule has 0 aliphatic rings. The van der Waals surface area contributed by atoms with Crippen molar-refractivity contribution in [3.8, 4) is 0 Å². The minimum absolute atomic E-state index is 0.105. The van der Waals surface area contributed by atoms with E-state index in [4.69, 9.17) is 0 Å². The Balaban J connectivity index is 2.46. The predicted octanol–water partition coefficient (Wildman–Crippen LogP) is 2.48. The van der Waals surface area contributed by atoms with E-state index in [2.05, 4.69) is 5.32 Å². The zero-order chi connectivity index (χ0) is 11.1. The molecule has 0 fully saturated rings. The van der Waals surface area contributed by atoms with Gasteiger partial charge in [-0.05, 0) is 30.4 Å². The number of carbonyl (C=O) groups is 1. The molecule has 3 heteroatoms. The molecule has 0 spiro atoms. The molecule has 0 aromatic heterocycles. The van der Waals surface area contributed by atoms with Crippen LogP contribution in [0.15, 0.2) is 29.2 Å². The topological polar surface area (TPSA) is 29.1 Å². The summed E-state index contributed by atoms with van der Waals surface area (Å²) >= 11 is 1.71. The van der Waals surface area contributed by atoms with E-state index in [1.165, 1.54) is 4.90 Å². The molecule has 1 aromatic carbocycles. The fourth-order valence-corrected chi connectivity index (χ4v) is 1.66. The number of benzene rings is 1. The summed E-state index contributed by atoms with van der Waals surface area (Å²) in [7, 11) is 0. The molecule has 0 unspecified atom stereocenters. The second kappa shape index (κ2) is 6.51. The van der Waals surface area contributed by atoms with Crippen LogP contribution in [0.25, 0.3) is 0 Å². The smallest absolute Gasteiger partial charge is 0.224 e. The van der Waals surface area contributed by atoms with Gasteiger partial charge in [0.2, 0.25) is 5.91 Å². The van der Waals surface area contributed by atoms with Gasteiger partial charge in [-0.2, -0.15) is 0 Å². The van der Waals surface area contributed by atoms with Crippen molar-refractivity contribution in [1.82, 2.24) is 5.32 Å². The molecule has 2 nitrogen and oxygen atoms in total.